The predicted molar refractivity (Wildman–Crippen MR) is 97.4 cm³/mol. The topological polar surface area (TPSA) is 78.1 Å². The fourth-order valence-electron chi connectivity index (χ4n) is 3.24. The van der Waals surface area contributed by atoms with Crippen LogP contribution in [0.4, 0.5) is 9.52 Å². The van der Waals surface area contributed by atoms with E-state index in [4.69, 9.17) is 0 Å². The molecule has 0 radical (unpaired) electrons. The summed E-state index contributed by atoms with van der Waals surface area (Å²) >= 11 is 1.34. The Kier molecular flexibility index (Phi) is 4.42. The number of fused-ring (bicyclic) bond motifs is 3. The van der Waals surface area contributed by atoms with Crippen LogP contribution in [0.3, 0.4) is 0 Å². The highest BCUT2D eigenvalue weighted by atomic mass is 32.1. The second kappa shape index (κ2) is 6.87. The van der Waals surface area contributed by atoms with Crippen LogP contribution in [-0.2, 0) is 22.6 Å². The van der Waals surface area contributed by atoms with Gasteiger partial charge in [-0.25, -0.2) is 9.37 Å². The van der Waals surface area contributed by atoms with E-state index in [2.05, 4.69) is 15.3 Å². The minimum absolute atomic E-state index is 0.0734. The van der Waals surface area contributed by atoms with E-state index in [-0.39, 0.29) is 30.5 Å². The van der Waals surface area contributed by atoms with Crippen LogP contribution in [0, 0.1) is 5.82 Å². The number of nitrogens with zero attached hydrogens (tertiary/aromatic N) is 2. The van der Waals surface area contributed by atoms with Gasteiger partial charge >= 0.3 is 0 Å². The molecule has 2 aromatic heterocycles. The maximum absolute atomic E-state index is 13.6. The molecule has 2 N–H and O–H groups in total. The molecular weight excluding hydrogens is 355 g/mol. The molecule has 134 valence electrons. The Bertz CT molecular complexity index is 967. The van der Waals surface area contributed by atoms with Crippen LogP contribution in [0.5, 0.6) is 0 Å². The quantitative estimate of drug-likeness (QED) is 0.739. The summed E-state index contributed by atoms with van der Waals surface area (Å²) in [4.78, 5) is 33.4. The van der Waals surface area contributed by atoms with Crippen molar-refractivity contribution in [2.24, 2.45) is 0 Å². The molecule has 0 spiro atoms. The van der Waals surface area contributed by atoms with Gasteiger partial charge in [0.15, 0.2) is 5.13 Å². The standard InChI is InChI=1S/C18H17FN4O2S/c19-11-1-2-14-12(9-11)13-10-23(7-5-15(13)21-14)17(25)4-3-16(24)22-18-20-6-8-26-18/h1-2,6,8-9,21H,3-5,7,10H2,(H,20,22,24). The number of H-pyrrole nitrogens is 1. The molecule has 1 aliphatic heterocycles. The van der Waals surface area contributed by atoms with Crippen LogP contribution in [0.1, 0.15) is 24.1 Å². The van der Waals surface area contributed by atoms with E-state index in [9.17, 15) is 14.0 Å². The third kappa shape index (κ3) is 3.32. The first kappa shape index (κ1) is 16.7. The Balaban J connectivity index is 1.40. The minimum Gasteiger partial charge on any atom is -0.358 e. The number of aromatic amines is 1. The number of benzene rings is 1. The van der Waals surface area contributed by atoms with Crippen molar-refractivity contribution in [1.82, 2.24) is 14.9 Å². The van der Waals surface area contributed by atoms with E-state index in [1.165, 1.54) is 23.5 Å². The molecule has 0 saturated carbocycles. The van der Waals surface area contributed by atoms with Gasteiger partial charge in [0.25, 0.3) is 0 Å². The lowest BCUT2D eigenvalue weighted by Gasteiger charge is -2.27. The molecule has 3 aromatic rings. The van der Waals surface area contributed by atoms with Crippen LogP contribution >= 0.6 is 11.3 Å². The van der Waals surface area contributed by atoms with Gasteiger partial charge in [-0.3, -0.25) is 9.59 Å². The number of hydrogen-bond donors (Lipinski definition) is 2. The zero-order valence-electron chi connectivity index (χ0n) is 13.9. The van der Waals surface area contributed by atoms with Crippen molar-refractivity contribution >= 4 is 39.2 Å². The van der Waals surface area contributed by atoms with Gasteiger partial charge < -0.3 is 15.2 Å². The van der Waals surface area contributed by atoms with Crippen LogP contribution in [0.15, 0.2) is 29.8 Å². The third-order valence-electron chi connectivity index (χ3n) is 4.53. The number of carbonyl (C=O) groups is 2. The Morgan fingerprint density at radius 1 is 1.35 bits per heavy atom. The lowest BCUT2D eigenvalue weighted by Crippen LogP contribution is -2.36. The zero-order valence-corrected chi connectivity index (χ0v) is 14.7. The van der Waals surface area contributed by atoms with Gasteiger partial charge in [0.1, 0.15) is 5.82 Å². The monoisotopic (exact) mass is 372 g/mol. The Morgan fingerprint density at radius 3 is 3.04 bits per heavy atom. The maximum Gasteiger partial charge on any atom is 0.226 e. The number of carbonyl (C=O) groups excluding carboxylic acids is 2. The second-order valence-corrected chi connectivity index (χ2v) is 7.12. The Hall–Kier alpha value is -2.74. The number of rotatable bonds is 4. The molecule has 2 amide bonds. The molecule has 6 nitrogen and oxygen atoms in total. The molecule has 3 heterocycles. The molecule has 4 rings (SSSR count). The molecule has 0 aliphatic carbocycles. The summed E-state index contributed by atoms with van der Waals surface area (Å²) in [7, 11) is 0. The first-order valence-electron chi connectivity index (χ1n) is 8.36. The first-order chi connectivity index (χ1) is 12.6. The molecule has 1 aliphatic rings. The van der Waals surface area contributed by atoms with E-state index in [1.807, 2.05) is 0 Å². The van der Waals surface area contributed by atoms with Crippen molar-refractivity contribution in [1.29, 1.82) is 0 Å². The highest BCUT2D eigenvalue weighted by Gasteiger charge is 2.24. The fraction of sp³-hybridized carbons (Fsp3) is 0.278. The average Bonchev–Trinajstić information content (AvgIpc) is 3.26. The van der Waals surface area contributed by atoms with Gasteiger partial charge in [0.05, 0.1) is 0 Å². The highest BCUT2D eigenvalue weighted by molar-refractivity contribution is 7.13. The Morgan fingerprint density at radius 2 is 2.23 bits per heavy atom. The Labute approximate surface area is 153 Å². The SMILES string of the molecule is O=C(CCC(=O)N1CCc2[nH]c3ccc(F)cc3c2C1)Nc1nccs1. The van der Waals surface area contributed by atoms with Gasteiger partial charge in [-0.1, -0.05) is 0 Å². The summed E-state index contributed by atoms with van der Waals surface area (Å²) in [5.41, 5.74) is 2.90. The van der Waals surface area contributed by atoms with Gasteiger partial charge in [0.2, 0.25) is 11.8 Å². The minimum atomic E-state index is -0.290. The van der Waals surface area contributed by atoms with Crippen molar-refractivity contribution in [3.63, 3.8) is 0 Å². The predicted octanol–water partition coefficient (Wildman–Crippen LogP) is 3.07. The van der Waals surface area contributed by atoms with Crippen molar-refractivity contribution < 1.29 is 14.0 Å². The van der Waals surface area contributed by atoms with Crippen LogP contribution < -0.4 is 5.32 Å². The van der Waals surface area contributed by atoms with Crippen molar-refractivity contribution in [3.05, 3.63) is 46.9 Å². The maximum atomic E-state index is 13.6. The normalized spacial score (nSPS) is 13.7. The van der Waals surface area contributed by atoms with Crippen molar-refractivity contribution in [3.8, 4) is 0 Å². The zero-order chi connectivity index (χ0) is 18.1. The summed E-state index contributed by atoms with van der Waals surface area (Å²) in [6.07, 6.45) is 2.57. The molecule has 0 fully saturated rings. The third-order valence-corrected chi connectivity index (χ3v) is 5.22. The number of hydrogen-bond acceptors (Lipinski definition) is 4. The lowest BCUT2D eigenvalue weighted by molar-refractivity contribution is -0.133. The largest absolute Gasteiger partial charge is 0.358 e. The van der Waals surface area contributed by atoms with Crippen LogP contribution in [0.2, 0.25) is 0 Å². The molecule has 26 heavy (non-hydrogen) atoms. The van der Waals surface area contributed by atoms with Crippen molar-refractivity contribution in [2.45, 2.75) is 25.8 Å². The van der Waals surface area contributed by atoms with Gasteiger partial charge in [0, 0.05) is 66.1 Å². The molecule has 0 atom stereocenters. The summed E-state index contributed by atoms with van der Waals surface area (Å²) in [5.74, 6) is -0.586. The van der Waals surface area contributed by atoms with E-state index in [0.29, 0.717) is 24.6 Å². The molecular formula is C18H17FN4O2S. The first-order valence-corrected chi connectivity index (χ1v) is 9.24. The molecule has 0 unspecified atom stereocenters. The van der Waals surface area contributed by atoms with E-state index < -0.39 is 0 Å². The molecule has 8 heteroatoms. The van der Waals surface area contributed by atoms with E-state index in [0.717, 1.165) is 22.2 Å². The summed E-state index contributed by atoms with van der Waals surface area (Å²) < 4.78 is 13.6. The number of amides is 2. The molecule has 0 saturated heterocycles. The van der Waals surface area contributed by atoms with E-state index >= 15 is 0 Å². The van der Waals surface area contributed by atoms with Gasteiger partial charge in [-0.15, -0.1) is 11.3 Å². The summed E-state index contributed by atoms with van der Waals surface area (Å²) in [5, 5.41) is 5.80. The van der Waals surface area contributed by atoms with Gasteiger partial charge in [-0.2, -0.15) is 0 Å². The van der Waals surface area contributed by atoms with Gasteiger partial charge in [-0.05, 0) is 18.2 Å². The lowest BCUT2D eigenvalue weighted by atomic mass is 10.0. The number of nitrogens with one attached hydrogen (secondary N) is 2. The number of aromatic nitrogens is 2. The second-order valence-electron chi connectivity index (χ2n) is 6.22. The summed E-state index contributed by atoms with van der Waals surface area (Å²) in [6.45, 7) is 1.03. The molecule has 1 aromatic carbocycles. The van der Waals surface area contributed by atoms with Crippen molar-refractivity contribution in [2.75, 3.05) is 11.9 Å². The molecule has 0 bridgehead atoms. The summed E-state index contributed by atoms with van der Waals surface area (Å²) in [6, 6.07) is 4.65. The van der Waals surface area contributed by atoms with Crippen LogP contribution in [0.25, 0.3) is 10.9 Å². The number of thiazole rings is 1. The average molecular weight is 372 g/mol. The highest BCUT2D eigenvalue weighted by Crippen LogP contribution is 2.28. The number of halogens is 1. The van der Waals surface area contributed by atoms with Crippen LogP contribution in [-0.4, -0.2) is 33.2 Å². The number of anilines is 1. The van der Waals surface area contributed by atoms with E-state index in [1.54, 1.807) is 22.5 Å². The smallest absolute Gasteiger partial charge is 0.226 e. The fourth-order valence-corrected chi connectivity index (χ4v) is 3.79.